The monoisotopic (exact) mass is 373 g/mol. The van der Waals surface area contributed by atoms with E-state index in [-0.39, 0.29) is 38.2 Å². The van der Waals surface area contributed by atoms with Crippen LogP contribution in [0.5, 0.6) is 0 Å². The van der Waals surface area contributed by atoms with E-state index in [9.17, 15) is 26.4 Å². The van der Waals surface area contributed by atoms with E-state index in [1.165, 1.54) is 0 Å². The standard InChI is InChI=1S/C12H23NO8S2/c1-4-20-11(14)7-5-8-21-12(15)13(2)23(18,19)10-6-9-22(3,16)17/h4-10H2,1-3H3. The van der Waals surface area contributed by atoms with Gasteiger partial charge in [0.1, 0.15) is 9.84 Å². The van der Waals surface area contributed by atoms with E-state index in [4.69, 9.17) is 4.74 Å². The Morgan fingerprint density at radius 1 is 1.00 bits per heavy atom. The lowest BCUT2D eigenvalue weighted by atomic mass is 10.3. The second-order valence-electron chi connectivity index (χ2n) is 4.79. The van der Waals surface area contributed by atoms with Gasteiger partial charge in [0.25, 0.3) is 0 Å². The highest BCUT2D eigenvalue weighted by molar-refractivity contribution is 7.91. The molecule has 0 aliphatic heterocycles. The van der Waals surface area contributed by atoms with Crippen LogP contribution in [0.2, 0.25) is 0 Å². The number of hydrogen-bond acceptors (Lipinski definition) is 8. The number of carbonyl (C=O) groups excluding carboxylic acids is 2. The van der Waals surface area contributed by atoms with Crippen LogP contribution in [0.25, 0.3) is 0 Å². The first-order valence-corrected chi connectivity index (χ1v) is 10.6. The summed E-state index contributed by atoms with van der Waals surface area (Å²) in [7, 11) is -6.18. The SMILES string of the molecule is CCOC(=O)CCCOC(=O)N(C)S(=O)(=O)CCCS(C)(=O)=O. The van der Waals surface area contributed by atoms with Gasteiger partial charge < -0.3 is 9.47 Å². The summed E-state index contributed by atoms with van der Waals surface area (Å²) in [6.45, 7) is 1.80. The zero-order valence-corrected chi connectivity index (χ0v) is 15.1. The molecule has 0 atom stereocenters. The lowest BCUT2D eigenvalue weighted by molar-refractivity contribution is -0.143. The Kier molecular flexibility index (Phi) is 9.13. The van der Waals surface area contributed by atoms with Crippen molar-refractivity contribution < 1.29 is 35.9 Å². The molecule has 9 nitrogen and oxygen atoms in total. The maximum absolute atomic E-state index is 11.8. The van der Waals surface area contributed by atoms with Crippen LogP contribution >= 0.6 is 0 Å². The maximum Gasteiger partial charge on any atom is 0.423 e. The molecule has 0 spiro atoms. The molecule has 0 aromatic carbocycles. The number of rotatable bonds is 10. The molecule has 0 unspecified atom stereocenters. The summed E-state index contributed by atoms with van der Waals surface area (Å²) in [6, 6.07) is 0. The van der Waals surface area contributed by atoms with E-state index < -0.39 is 37.7 Å². The number of sulfone groups is 1. The number of sulfonamides is 1. The molecule has 1 amide bonds. The van der Waals surface area contributed by atoms with Crippen molar-refractivity contribution >= 4 is 31.9 Å². The third-order valence-electron chi connectivity index (χ3n) is 2.65. The van der Waals surface area contributed by atoms with E-state index in [1.54, 1.807) is 6.92 Å². The van der Waals surface area contributed by atoms with Gasteiger partial charge in [-0.25, -0.2) is 25.9 Å². The van der Waals surface area contributed by atoms with Crippen LogP contribution < -0.4 is 0 Å². The second kappa shape index (κ2) is 9.71. The molecule has 0 aromatic rings. The topological polar surface area (TPSA) is 124 Å². The van der Waals surface area contributed by atoms with Crippen molar-refractivity contribution in [2.75, 3.05) is 38.0 Å². The Labute approximate surface area is 136 Å². The highest BCUT2D eigenvalue weighted by Gasteiger charge is 2.24. The molecular weight excluding hydrogens is 350 g/mol. The van der Waals surface area contributed by atoms with Crippen LogP contribution in [-0.4, -0.2) is 71.2 Å². The van der Waals surface area contributed by atoms with Crippen molar-refractivity contribution in [1.29, 1.82) is 0 Å². The Morgan fingerprint density at radius 3 is 2.13 bits per heavy atom. The summed E-state index contributed by atoms with van der Waals surface area (Å²) >= 11 is 0. The minimum Gasteiger partial charge on any atom is -0.466 e. The predicted molar refractivity (Wildman–Crippen MR) is 83.1 cm³/mol. The molecule has 0 aliphatic rings. The van der Waals surface area contributed by atoms with Crippen LogP contribution in [0.3, 0.4) is 0 Å². The summed E-state index contributed by atoms with van der Waals surface area (Å²) in [5.74, 6) is -1.19. The number of esters is 1. The Hall–Kier alpha value is -1.36. The molecule has 0 heterocycles. The Balaban J connectivity index is 4.23. The summed E-state index contributed by atoms with van der Waals surface area (Å²) in [5, 5.41) is 0. The van der Waals surface area contributed by atoms with Gasteiger partial charge in [0.05, 0.1) is 24.7 Å². The fourth-order valence-electron chi connectivity index (χ4n) is 1.45. The molecule has 0 saturated carbocycles. The second-order valence-corrected chi connectivity index (χ2v) is 9.17. The molecule has 0 N–H and O–H groups in total. The van der Waals surface area contributed by atoms with Crippen molar-refractivity contribution in [2.24, 2.45) is 0 Å². The van der Waals surface area contributed by atoms with Crippen molar-refractivity contribution in [2.45, 2.75) is 26.2 Å². The van der Waals surface area contributed by atoms with Crippen LogP contribution in [0.1, 0.15) is 26.2 Å². The van der Waals surface area contributed by atoms with E-state index in [0.717, 1.165) is 13.3 Å². The fraction of sp³-hybridized carbons (Fsp3) is 0.833. The van der Waals surface area contributed by atoms with Crippen molar-refractivity contribution in [3.05, 3.63) is 0 Å². The van der Waals surface area contributed by atoms with Gasteiger partial charge in [-0.05, 0) is 19.8 Å². The third-order valence-corrected chi connectivity index (χ3v) is 5.47. The molecule has 23 heavy (non-hydrogen) atoms. The first-order valence-electron chi connectivity index (χ1n) is 6.96. The Morgan fingerprint density at radius 2 is 1.61 bits per heavy atom. The number of nitrogens with zero attached hydrogens (tertiary/aromatic N) is 1. The molecular formula is C12H23NO8S2. The zero-order valence-electron chi connectivity index (χ0n) is 13.5. The van der Waals surface area contributed by atoms with Crippen molar-refractivity contribution in [3.8, 4) is 0 Å². The summed E-state index contributed by atoms with van der Waals surface area (Å²) in [6.07, 6.45) is 0.0922. The third kappa shape index (κ3) is 10.1. The number of carbonyl (C=O) groups is 2. The molecule has 0 aromatic heterocycles. The van der Waals surface area contributed by atoms with Gasteiger partial charge in [0, 0.05) is 19.7 Å². The van der Waals surface area contributed by atoms with Gasteiger partial charge in [0.2, 0.25) is 10.0 Å². The molecule has 0 bridgehead atoms. The van der Waals surface area contributed by atoms with Gasteiger partial charge in [-0.1, -0.05) is 0 Å². The van der Waals surface area contributed by atoms with Crippen molar-refractivity contribution in [1.82, 2.24) is 4.31 Å². The molecule has 0 saturated heterocycles. The molecule has 136 valence electrons. The molecule has 0 aliphatic carbocycles. The van der Waals surface area contributed by atoms with E-state index >= 15 is 0 Å². The first kappa shape index (κ1) is 21.6. The van der Waals surface area contributed by atoms with Crippen molar-refractivity contribution in [3.63, 3.8) is 0 Å². The fourth-order valence-corrected chi connectivity index (χ4v) is 3.37. The van der Waals surface area contributed by atoms with Gasteiger partial charge in [0.15, 0.2) is 0 Å². The molecule has 0 rings (SSSR count). The smallest absolute Gasteiger partial charge is 0.423 e. The first-order chi connectivity index (χ1) is 10.5. The highest BCUT2D eigenvalue weighted by atomic mass is 32.2. The molecule has 11 heteroatoms. The van der Waals surface area contributed by atoms with E-state index in [0.29, 0.717) is 4.31 Å². The quantitative estimate of drug-likeness (QED) is 0.392. The van der Waals surface area contributed by atoms with Gasteiger partial charge in [-0.3, -0.25) is 4.79 Å². The lowest BCUT2D eigenvalue weighted by Crippen LogP contribution is -2.36. The average Bonchev–Trinajstić information content (AvgIpc) is 2.41. The molecule has 0 fully saturated rings. The highest BCUT2D eigenvalue weighted by Crippen LogP contribution is 2.05. The number of hydrogen-bond donors (Lipinski definition) is 0. The number of amides is 1. The number of ether oxygens (including phenoxy) is 2. The summed E-state index contributed by atoms with van der Waals surface area (Å²) < 4.78 is 55.5. The average molecular weight is 373 g/mol. The largest absolute Gasteiger partial charge is 0.466 e. The van der Waals surface area contributed by atoms with E-state index in [2.05, 4.69) is 4.74 Å². The summed E-state index contributed by atoms with van der Waals surface area (Å²) in [5.41, 5.74) is 0. The maximum atomic E-state index is 11.8. The minimum atomic E-state index is -3.94. The predicted octanol–water partition coefficient (Wildman–Crippen LogP) is 0.163. The summed E-state index contributed by atoms with van der Waals surface area (Å²) in [4.78, 5) is 22.7. The lowest BCUT2D eigenvalue weighted by Gasteiger charge is -2.17. The minimum absolute atomic E-state index is 0.0615. The van der Waals surface area contributed by atoms with Gasteiger partial charge >= 0.3 is 12.1 Å². The van der Waals surface area contributed by atoms with E-state index in [1.807, 2.05) is 0 Å². The van der Waals surface area contributed by atoms with Gasteiger partial charge in [-0.2, -0.15) is 0 Å². The van der Waals surface area contributed by atoms with Crippen LogP contribution in [-0.2, 0) is 34.1 Å². The zero-order chi connectivity index (χ0) is 18.1. The van der Waals surface area contributed by atoms with Crippen LogP contribution in [0.15, 0.2) is 0 Å². The normalized spacial score (nSPS) is 11.8. The van der Waals surface area contributed by atoms with Crippen LogP contribution in [0.4, 0.5) is 4.79 Å². The van der Waals surface area contributed by atoms with Crippen LogP contribution in [0, 0.1) is 0 Å². The molecule has 0 radical (unpaired) electrons. The Bertz CT molecular complexity index is 597. The van der Waals surface area contributed by atoms with Gasteiger partial charge in [-0.15, -0.1) is 0 Å².